The van der Waals surface area contributed by atoms with E-state index in [4.69, 9.17) is 4.74 Å². The van der Waals surface area contributed by atoms with E-state index >= 15 is 0 Å². The summed E-state index contributed by atoms with van der Waals surface area (Å²) in [5, 5.41) is 4.48. The first-order valence-corrected chi connectivity index (χ1v) is 7.62. The molecule has 0 spiro atoms. The van der Waals surface area contributed by atoms with E-state index < -0.39 is 5.67 Å². The zero-order valence-corrected chi connectivity index (χ0v) is 12.6. The maximum atomic E-state index is 14.4. The third kappa shape index (κ3) is 2.57. The second-order valence-electron chi connectivity index (χ2n) is 6.07. The molecule has 21 heavy (non-hydrogen) atoms. The molecule has 1 fully saturated rings. The van der Waals surface area contributed by atoms with Crippen LogP contribution in [0.2, 0.25) is 0 Å². The molecule has 116 valence electrons. The third-order valence-corrected chi connectivity index (χ3v) is 4.47. The standard InChI is InChI=1S/C15H22FN3O2/c1-3-21-10-12-9-19(14(20)15(16)5-4-6-15)8-11-7-18(2)17-13(11)12/h7,12H,3-6,8-10H2,1-2H3. The molecule has 0 radical (unpaired) electrons. The molecule has 1 unspecified atom stereocenters. The van der Waals surface area contributed by atoms with Crippen LogP contribution in [0.25, 0.3) is 0 Å². The number of halogens is 1. The fourth-order valence-corrected chi connectivity index (χ4v) is 3.17. The van der Waals surface area contributed by atoms with Crippen molar-refractivity contribution in [2.24, 2.45) is 7.05 Å². The van der Waals surface area contributed by atoms with Crippen LogP contribution in [-0.4, -0.2) is 46.0 Å². The number of fused-ring (bicyclic) bond motifs is 1. The van der Waals surface area contributed by atoms with Gasteiger partial charge in [-0.3, -0.25) is 9.48 Å². The van der Waals surface area contributed by atoms with Crippen molar-refractivity contribution in [3.63, 3.8) is 0 Å². The van der Waals surface area contributed by atoms with Crippen molar-refractivity contribution < 1.29 is 13.9 Å². The highest BCUT2D eigenvalue weighted by atomic mass is 19.1. The van der Waals surface area contributed by atoms with Crippen molar-refractivity contribution in [3.8, 4) is 0 Å². The van der Waals surface area contributed by atoms with Gasteiger partial charge < -0.3 is 9.64 Å². The molecule has 3 rings (SSSR count). The summed E-state index contributed by atoms with van der Waals surface area (Å²) in [6, 6.07) is 0. The number of ether oxygens (including phenoxy) is 1. The van der Waals surface area contributed by atoms with Crippen LogP contribution in [0.4, 0.5) is 4.39 Å². The minimum Gasteiger partial charge on any atom is -0.381 e. The molecule has 0 saturated heterocycles. The highest BCUT2D eigenvalue weighted by molar-refractivity contribution is 5.86. The van der Waals surface area contributed by atoms with Gasteiger partial charge >= 0.3 is 0 Å². The smallest absolute Gasteiger partial charge is 0.260 e. The summed E-state index contributed by atoms with van der Waals surface area (Å²) in [5.74, 6) is -0.327. The van der Waals surface area contributed by atoms with Crippen molar-refractivity contribution in [2.75, 3.05) is 19.8 Å². The number of hydrogen-bond donors (Lipinski definition) is 0. The van der Waals surface area contributed by atoms with Gasteiger partial charge in [-0.2, -0.15) is 5.10 Å². The molecular weight excluding hydrogens is 273 g/mol. The summed E-state index contributed by atoms with van der Waals surface area (Å²) in [7, 11) is 1.87. The summed E-state index contributed by atoms with van der Waals surface area (Å²) in [6.45, 7) is 4.03. The quantitative estimate of drug-likeness (QED) is 0.850. The number of hydrogen-bond acceptors (Lipinski definition) is 3. The molecule has 0 N–H and O–H groups in total. The largest absolute Gasteiger partial charge is 0.381 e. The lowest BCUT2D eigenvalue weighted by atomic mass is 9.80. The predicted octanol–water partition coefficient (Wildman–Crippen LogP) is 1.77. The lowest BCUT2D eigenvalue weighted by Crippen LogP contribution is -2.52. The first kappa shape index (κ1) is 14.5. The first-order valence-electron chi connectivity index (χ1n) is 7.62. The molecule has 2 heterocycles. The van der Waals surface area contributed by atoms with Gasteiger partial charge in [0, 0.05) is 44.4 Å². The van der Waals surface area contributed by atoms with E-state index in [1.807, 2.05) is 20.2 Å². The second-order valence-corrected chi connectivity index (χ2v) is 6.07. The molecule has 6 heteroatoms. The average Bonchev–Trinajstić information content (AvgIpc) is 2.81. The van der Waals surface area contributed by atoms with Crippen LogP contribution in [0.5, 0.6) is 0 Å². The fraction of sp³-hybridized carbons (Fsp3) is 0.733. The number of aryl methyl sites for hydroxylation is 1. The van der Waals surface area contributed by atoms with Gasteiger partial charge in [0.15, 0.2) is 5.67 Å². The van der Waals surface area contributed by atoms with Crippen LogP contribution < -0.4 is 0 Å². The Balaban J connectivity index is 1.81. The number of nitrogens with zero attached hydrogens (tertiary/aromatic N) is 3. The number of alkyl halides is 1. The van der Waals surface area contributed by atoms with E-state index in [-0.39, 0.29) is 11.8 Å². The van der Waals surface area contributed by atoms with E-state index in [1.54, 1.807) is 9.58 Å². The minimum absolute atomic E-state index is 0.0301. The van der Waals surface area contributed by atoms with Gasteiger partial charge in [-0.25, -0.2) is 4.39 Å². The molecule has 0 bridgehead atoms. The summed E-state index contributed by atoms with van der Waals surface area (Å²) in [6.07, 6.45) is 3.44. The zero-order valence-electron chi connectivity index (χ0n) is 12.6. The highest BCUT2D eigenvalue weighted by Gasteiger charge is 2.48. The van der Waals surface area contributed by atoms with Crippen molar-refractivity contribution >= 4 is 5.91 Å². The van der Waals surface area contributed by atoms with Gasteiger partial charge in [-0.1, -0.05) is 0 Å². The van der Waals surface area contributed by atoms with Gasteiger partial charge in [0.25, 0.3) is 5.91 Å². The number of rotatable bonds is 4. The Morgan fingerprint density at radius 1 is 1.57 bits per heavy atom. The van der Waals surface area contributed by atoms with Crippen LogP contribution in [0.1, 0.15) is 43.4 Å². The third-order valence-electron chi connectivity index (χ3n) is 4.47. The highest BCUT2D eigenvalue weighted by Crippen LogP contribution is 2.39. The Morgan fingerprint density at radius 2 is 2.33 bits per heavy atom. The predicted molar refractivity (Wildman–Crippen MR) is 75.5 cm³/mol. The molecule has 0 aromatic carbocycles. The van der Waals surface area contributed by atoms with E-state index in [1.165, 1.54) is 0 Å². The van der Waals surface area contributed by atoms with Crippen LogP contribution in [-0.2, 0) is 23.1 Å². The number of carbonyl (C=O) groups excluding carboxylic acids is 1. The molecule has 5 nitrogen and oxygen atoms in total. The van der Waals surface area contributed by atoms with Crippen molar-refractivity contribution in [2.45, 2.75) is 44.3 Å². The fourth-order valence-electron chi connectivity index (χ4n) is 3.17. The van der Waals surface area contributed by atoms with E-state index in [0.29, 0.717) is 39.1 Å². The minimum atomic E-state index is -1.63. The van der Waals surface area contributed by atoms with Crippen molar-refractivity contribution in [1.82, 2.24) is 14.7 Å². The van der Waals surface area contributed by atoms with E-state index in [2.05, 4.69) is 5.10 Å². The Hall–Kier alpha value is -1.43. The van der Waals surface area contributed by atoms with Gasteiger partial charge in [0.05, 0.1) is 12.3 Å². The Morgan fingerprint density at radius 3 is 2.95 bits per heavy atom. The zero-order chi connectivity index (χ0) is 15.0. The van der Waals surface area contributed by atoms with Crippen LogP contribution in [0, 0.1) is 0 Å². The van der Waals surface area contributed by atoms with Crippen LogP contribution in [0.3, 0.4) is 0 Å². The maximum absolute atomic E-state index is 14.4. The molecule has 1 aliphatic heterocycles. The molecule has 1 aromatic rings. The first-order chi connectivity index (χ1) is 10.0. The summed E-state index contributed by atoms with van der Waals surface area (Å²) >= 11 is 0. The van der Waals surface area contributed by atoms with Crippen molar-refractivity contribution in [1.29, 1.82) is 0 Å². The normalized spacial score (nSPS) is 23.6. The van der Waals surface area contributed by atoms with Crippen LogP contribution in [0.15, 0.2) is 6.20 Å². The van der Waals surface area contributed by atoms with E-state index in [0.717, 1.165) is 17.7 Å². The lowest BCUT2D eigenvalue weighted by molar-refractivity contribution is -0.151. The monoisotopic (exact) mass is 295 g/mol. The lowest BCUT2D eigenvalue weighted by Gasteiger charge is -2.40. The molecule has 1 saturated carbocycles. The second kappa shape index (κ2) is 5.40. The van der Waals surface area contributed by atoms with Gasteiger partial charge in [0.2, 0.25) is 0 Å². The number of aromatic nitrogens is 2. The maximum Gasteiger partial charge on any atom is 0.260 e. The SMILES string of the molecule is CCOCC1CN(C(=O)C2(F)CCC2)Cc2cn(C)nc21. The number of amides is 1. The summed E-state index contributed by atoms with van der Waals surface area (Å²) in [4.78, 5) is 14.1. The van der Waals surface area contributed by atoms with Gasteiger partial charge in [0.1, 0.15) is 0 Å². The van der Waals surface area contributed by atoms with E-state index in [9.17, 15) is 9.18 Å². The Labute approximate surface area is 124 Å². The topological polar surface area (TPSA) is 47.4 Å². The van der Waals surface area contributed by atoms with Crippen LogP contribution >= 0.6 is 0 Å². The van der Waals surface area contributed by atoms with Gasteiger partial charge in [-0.05, 0) is 26.2 Å². The Kier molecular flexibility index (Phi) is 3.73. The molecule has 1 aromatic heterocycles. The molecule has 1 atom stereocenters. The molecule has 1 amide bonds. The summed E-state index contributed by atoms with van der Waals surface area (Å²) < 4.78 is 21.7. The van der Waals surface area contributed by atoms with Gasteiger partial charge in [-0.15, -0.1) is 0 Å². The Bertz CT molecular complexity index is 539. The van der Waals surface area contributed by atoms with Crippen molar-refractivity contribution in [3.05, 3.63) is 17.5 Å². The molecule has 2 aliphatic rings. The summed E-state index contributed by atoms with van der Waals surface area (Å²) in [5.41, 5.74) is 0.358. The number of carbonyl (C=O) groups is 1. The molecule has 1 aliphatic carbocycles. The molecular formula is C15H22FN3O2. The average molecular weight is 295 g/mol.